The van der Waals surface area contributed by atoms with Crippen LogP contribution < -0.4 is 0 Å². The molecule has 34 valence electrons. The van der Waals surface area contributed by atoms with Crippen LogP contribution in [0, 0.1) is 0 Å². The van der Waals surface area contributed by atoms with Crippen molar-refractivity contribution in [3.63, 3.8) is 0 Å². The van der Waals surface area contributed by atoms with Gasteiger partial charge in [0.25, 0.3) is 0 Å². The second-order valence-corrected chi connectivity index (χ2v) is 0.542. The zero-order valence-corrected chi connectivity index (χ0v) is 6.31. The van der Waals surface area contributed by atoms with Gasteiger partial charge in [0.15, 0.2) is 0 Å². The molecule has 0 heterocycles. The largest absolute Gasteiger partial charge is 0 e. The quantitative estimate of drug-likeness (QED) is 0.429. The fourth-order valence-electron chi connectivity index (χ4n) is 0. The molecule has 2 nitrogen and oxygen atoms in total. The summed E-state index contributed by atoms with van der Waals surface area (Å²) < 4.78 is 0. The molecule has 1 N–H and O–H groups in total. The Bertz CT molecular complexity index is 64.0. The third-order valence-electron chi connectivity index (χ3n) is 0.175. The molecule has 0 aromatic heterocycles. The van der Waals surface area contributed by atoms with Gasteiger partial charge in [-0.1, -0.05) is 6.58 Å². The predicted molar refractivity (Wildman–Crippen MR) is 26.4 cm³/mol. The van der Waals surface area contributed by atoms with Crippen molar-refractivity contribution in [1.29, 1.82) is 0 Å². The number of carboxylic acid groups (broad SMARTS) is 1. The van der Waals surface area contributed by atoms with Gasteiger partial charge in [0.05, 0.1) is 0 Å². The van der Waals surface area contributed by atoms with E-state index in [4.69, 9.17) is 5.11 Å². The van der Waals surface area contributed by atoms with E-state index < -0.39 is 5.97 Å². The Labute approximate surface area is 84.7 Å². The summed E-state index contributed by atoms with van der Waals surface area (Å²) in [5.41, 5.74) is 0. The van der Waals surface area contributed by atoms with Crippen molar-refractivity contribution in [3.05, 3.63) is 12.7 Å². The summed E-state index contributed by atoms with van der Waals surface area (Å²) in [5, 5.41) is 7.60. The van der Waals surface area contributed by atoms with Gasteiger partial charge in [0.2, 0.25) is 0 Å². The number of aliphatic carboxylic acids is 1. The van der Waals surface area contributed by atoms with Gasteiger partial charge >= 0.3 is 43.7 Å². The molecule has 0 aliphatic heterocycles. The monoisotopic (exact) mass is 178 g/mol. The topological polar surface area (TPSA) is 37.3 Å². The summed E-state index contributed by atoms with van der Waals surface area (Å²) in [7, 11) is 0. The van der Waals surface area contributed by atoms with Crippen molar-refractivity contribution in [2.75, 3.05) is 0 Å². The molecule has 0 saturated carbocycles. The molecule has 0 aliphatic carbocycles. The van der Waals surface area contributed by atoms with Gasteiger partial charge in [-0.05, 0) is 0 Å². The molecule has 0 aromatic rings. The first-order valence-corrected chi connectivity index (χ1v) is 1.12. The minimum absolute atomic E-state index is 0. The van der Waals surface area contributed by atoms with E-state index in [1.54, 1.807) is 0 Å². The van der Waals surface area contributed by atoms with Crippen molar-refractivity contribution in [2.45, 2.75) is 0 Å². The van der Waals surface area contributed by atoms with Gasteiger partial charge in [0, 0.05) is 25.6 Å². The first kappa shape index (κ1) is 15.7. The molecule has 0 radical (unpaired) electrons. The number of hydrogen-bond acceptors (Lipinski definition) is 1. The Morgan fingerprint density at radius 3 is 1.86 bits per heavy atom. The summed E-state index contributed by atoms with van der Waals surface area (Å²) >= 11 is 0. The molecule has 0 fully saturated rings. The van der Waals surface area contributed by atoms with Crippen molar-refractivity contribution in [1.82, 2.24) is 0 Å². The van der Waals surface area contributed by atoms with Crippen LogP contribution in [0.3, 0.4) is 0 Å². The smallest absolute Gasteiger partial charge is 0 e. The van der Waals surface area contributed by atoms with Crippen molar-refractivity contribution >= 4 is 43.7 Å². The van der Waals surface area contributed by atoms with Crippen molar-refractivity contribution < 1.29 is 29.4 Å². The van der Waals surface area contributed by atoms with Crippen LogP contribution in [-0.4, -0.2) is 48.8 Å². The van der Waals surface area contributed by atoms with Crippen LogP contribution >= 0.6 is 0 Å². The molecule has 4 heteroatoms. The fraction of sp³-hybridized carbons (Fsp3) is 0. The van der Waals surface area contributed by atoms with E-state index >= 15 is 0 Å². The maximum absolute atomic E-state index is 9.25. The zero-order chi connectivity index (χ0) is 4.28. The van der Waals surface area contributed by atoms with Crippen molar-refractivity contribution in [3.8, 4) is 0 Å². The molecular weight excluding hydrogens is 173 g/mol. The number of carbonyl (C=O) groups is 1. The average Bonchev–Trinajstić information content (AvgIpc) is 1.38. The first-order valence-electron chi connectivity index (χ1n) is 1.12. The van der Waals surface area contributed by atoms with Crippen LogP contribution in [0.15, 0.2) is 12.7 Å². The van der Waals surface area contributed by atoms with E-state index in [0.717, 1.165) is 6.08 Å². The molecule has 0 amide bonds. The maximum Gasteiger partial charge on any atom is 0 e. The third kappa shape index (κ3) is 19.2. The second kappa shape index (κ2) is 10.2. The Kier molecular flexibility index (Phi) is 22.8. The molecule has 0 aromatic carbocycles. The normalized spacial score (nSPS) is 4.57. The molecule has 0 bridgehead atoms. The van der Waals surface area contributed by atoms with E-state index in [2.05, 4.69) is 6.58 Å². The molecule has 0 atom stereocenters. The van der Waals surface area contributed by atoms with Crippen LogP contribution in [0.1, 0.15) is 0 Å². The minimum atomic E-state index is -0.981. The van der Waals surface area contributed by atoms with Crippen LogP contribution in [0.25, 0.3) is 0 Å². The molecule has 0 rings (SSSR count). The minimum Gasteiger partial charge on any atom is 0 e. The first-order chi connectivity index (χ1) is 2.27. The number of rotatable bonds is 1. The summed E-state index contributed by atoms with van der Waals surface area (Å²) in [4.78, 5) is 9.25. The molecule has 0 saturated heterocycles. The van der Waals surface area contributed by atoms with Gasteiger partial charge < -0.3 is 5.11 Å². The van der Waals surface area contributed by atoms with Crippen molar-refractivity contribution in [2.24, 2.45) is 0 Å². The Balaban J connectivity index is -0.0000000800. The summed E-state index contributed by atoms with van der Waals surface area (Å²) in [6.07, 6.45) is 0.833. The van der Waals surface area contributed by atoms with Crippen LogP contribution in [-0.2, 0) is 24.3 Å². The summed E-state index contributed by atoms with van der Waals surface area (Å²) in [5.74, 6) is -0.981. The molecule has 7 heavy (non-hydrogen) atoms. The molecule has 0 spiro atoms. The fourth-order valence-corrected chi connectivity index (χ4v) is 0. The summed E-state index contributed by atoms with van der Waals surface area (Å²) in [6.45, 7) is 2.96. The average molecular weight is 180 g/mol. The van der Waals surface area contributed by atoms with E-state index in [1.165, 1.54) is 0 Å². The predicted octanol–water partition coefficient (Wildman–Crippen LogP) is -0.662. The second-order valence-electron chi connectivity index (χ2n) is 0.542. The zero-order valence-electron chi connectivity index (χ0n) is 3.35. The van der Waals surface area contributed by atoms with E-state index in [1.807, 2.05) is 0 Å². The van der Waals surface area contributed by atoms with E-state index in [0.29, 0.717) is 0 Å². The Morgan fingerprint density at radius 1 is 1.71 bits per heavy atom. The molecule has 0 aliphatic rings. The van der Waals surface area contributed by atoms with Gasteiger partial charge in [0.1, 0.15) is 0 Å². The number of hydrogen-bond donors (Lipinski definition) is 1. The van der Waals surface area contributed by atoms with E-state index in [-0.39, 0.29) is 57.2 Å². The Hall–Kier alpha value is 1.09. The van der Waals surface area contributed by atoms with Gasteiger partial charge in [-0.15, -0.1) is 0 Å². The van der Waals surface area contributed by atoms with Crippen LogP contribution in [0.5, 0.6) is 0 Å². The maximum atomic E-state index is 9.25. The Morgan fingerprint density at radius 2 is 1.86 bits per heavy atom. The van der Waals surface area contributed by atoms with Gasteiger partial charge in [-0.3, -0.25) is 0 Å². The summed E-state index contributed by atoms with van der Waals surface area (Å²) in [6, 6.07) is 0. The SMILES string of the molecule is C=CC(=O)O.[CaH2].[Zn]. The van der Waals surface area contributed by atoms with Crippen LogP contribution in [0.2, 0.25) is 0 Å². The van der Waals surface area contributed by atoms with Gasteiger partial charge in [-0.2, -0.15) is 0 Å². The van der Waals surface area contributed by atoms with Crippen LogP contribution in [0.4, 0.5) is 0 Å². The third-order valence-corrected chi connectivity index (χ3v) is 0.175. The molecular formula is C3H6CaO2Zn. The molecule has 0 unspecified atom stereocenters. The van der Waals surface area contributed by atoms with Gasteiger partial charge in [-0.25, -0.2) is 4.79 Å². The standard InChI is InChI=1S/C3H4O2.Ca.Zn.2H/c1-2-3(4)5;;;;/h2H,1H2,(H,4,5);;;;. The number of carboxylic acids is 1. The van der Waals surface area contributed by atoms with E-state index in [9.17, 15) is 4.79 Å².